The van der Waals surface area contributed by atoms with E-state index in [9.17, 15) is 0 Å². The molecule has 3 heteroatoms. The molecule has 1 aromatic rings. The molecule has 1 aromatic carbocycles. The van der Waals surface area contributed by atoms with E-state index in [1.807, 2.05) is 0 Å². The highest BCUT2D eigenvalue weighted by Crippen LogP contribution is 2.14. The van der Waals surface area contributed by atoms with Gasteiger partial charge in [-0.25, -0.2) is 0 Å². The predicted molar refractivity (Wildman–Crippen MR) is 91.4 cm³/mol. The SMILES string of the molecule is CCCCCCCOc1ccc(CNC[C@H]2CCCO2)cc1. The van der Waals surface area contributed by atoms with E-state index in [-0.39, 0.29) is 0 Å². The summed E-state index contributed by atoms with van der Waals surface area (Å²) >= 11 is 0. The third-order valence-corrected chi connectivity index (χ3v) is 4.17. The van der Waals surface area contributed by atoms with Crippen molar-refractivity contribution in [3.63, 3.8) is 0 Å². The number of unbranched alkanes of at least 4 members (excludes halogenated alkanes) is 4. The van der Waals surface area contributed by atoms with Gasteiger partial charge in [0.1, 0.15) is 5.75 Å². The maximum absolute atomic E-state index is 5.79. The summed E-state index contributed by atoms with van der Waals surface area (Å²) < 4.78 is 11.4. The second-order valence-corrected chi connectivity index (χ2v) is 6.17. The van der Waals surface area contributed by atoms with Crippen LogP contribution in [0.2, 0.25) is 0 Å². The molecule has 1 heterocycles. The largest absolute Gasteiger partial charge is 0.494 e. The van der Waals surface area contributed by atoms with Crippen LogP contribution in [0.5, 0.6) is 5.75 Å². The van der Waals surface area contributed by atoms with Gasteiger partial charge < -0.3 is 14.8 Å². The summed E-state index contributed by atoms with van der Waals surface area (Å²) in [6.45, 7) is 5.86. The molecule has 3 nitrogen and oxygen atoms in total. The van der Waals surface area contributed by atoms with Crippen LogP contribution in [0, 0.1) is 0 Å². The van der Waals surface area contributed by atoms with Gasteiger partial charge in [-0.3, -0.25) is 0 Å². The third-order valence-electron chi connectivity index (χ3n) is 4.17. The van der Waals surface area contributed by atoms with Crippen LogP contribution in [0.3, 0.4) is 0 Å². The Balaban J connectivity index is 1.56. The lowest BCUT2D eigenvalue weighted by Gasteiger charge is -2.11. The van der Waals surface area contributed by atoms with Crippen molar-refractivity contribution >= 4 is 0 Å². The molecule has 0 radical (unpaired) electrons. The minimum absolute atomic E-state index is 0.412. The average Bonchev–Trinajstić information content (AvgIpc) is 3.05. The molecule has 0 aromatic heterocycles. The molecular formula is C19H31NO2. The molecule has 0 amide bonds. The zero-order valence-corrected chi connectivity index (χ0v) is 14.0. The Bertz CT molecular complexity index is 385. The van der Waals surface area contributed by atoms with Crippen molar-refractivity contribution < 1.29 is 9.47 Å². The van der Waals surface area contributed by atoms with Crippen LogP contribution >= 0.6 is 0 Å². The molecule has 1 N–H and O–H groups in total. The van der Waals surface area contributed by atoms with E-state index in [0.717, 1.165) is 38.5 Å². The van der Waals surface area contributed by atoms with Gasteiger partial charge in [-0.05, 0) is 37.0 Å². The van der Waals surface area contributed by atoms with Crippen molar-refractivity contribution in [1.82, 2.24) is 5.32 Å². The molecule has 0 saturated carbocycles. The Labute approximate surface area is 135 Å². The lowest BCUT2D eigenvalue weighted by molar-refractivity contribution is 0.110. The van der Waals surface area contributed by atoms with Gasteiger partial charge in [0.05, 0.1) is 12.7 Å². The molecule has 1 atom stereocenters. The lowest BCUT2D eigenvalue weighted by Crippen LogP contribution is -2.25. The molecule has 22 heavy (non-hydrogen) atoms. The fourth-order valence-electron chi connectivity index (χ4n) is 2.78. The molecule has 0 spiro atoms. The maximum atomic E-state index is 5.79. The summed E-state index contributed by atoms with van der Waals surface area (Å²) in [6.07, 6.45) is 9.21. The van der Waals surface area contributed by atoms with Crippen LogP contribution in [0.25, 0.3) is 0 Å². The van der Waals surface area contributed by atoms with Gasteiger partial charge in [0.25, 0.3) is 0 Å². The first-order valence-corrected chi connectivity index (χ1v) is 8.92. The van der Waals surface area contributed by atoms with E-state index < -0.39 is 0 Å². The summed E-state index contributed by atoms with van der Waals surface area (Å²) in [4.78, 5) is 0. The molecule has 1 saturated heterocycles. The lowest BCUT2D eigenvalue weighted by atomic mass is 10.2. The van der Waals surface area contributed by atoms with E-state index in [1.165, 1.54) is 44.1 Å². The summed E-state index contributed by atoms with van der Waals surface area (Å²) in [5.74, 6) is 0.985. The van der Waals surface area contributed by atoms with Crippen LogP contribution < -0.4 is 10.1 Å². The highest BCUT2D eigenvalue weighted by atomic mass is 16.5. The van der Waals surface area contributed by atoms with Gasteiger partial charge in [0.2, 0.25) is 0 Å². The minimum atomic E-state index is 0.412. The van der Waals surface area contributed by atoms with Crippen molar-refractivity contribution in [3.05, 3.63) is 29.8 Å². The first-order valence-electron chi connectivity index (χ1n) is 8.92. The van der Waals surface area contributed by atoms with Crippen molar-refractivity contribution in [2.75, 3.05) is 19.8 Å². The van der Waals surface area contributed by atoms with Crippen molar-refractivity contribution in [1.29, 1.82) is 0 Å². The fourth-order valence-corrected chi connectivity index (χ4v) is 2.78. The molecule has 0 aliphatic carbocycles. The molecule has 1 aliphatic heterocycles. The third kappa shape index (κ3) is 6.80. The zero-order valence-electron chi connectivity index (χ0n) is 14.0. The van der Waals surface area contributed by atoms with E-state index in [4.69, 9.17) is 9.47 Å². The second kappa shape index (κ2) is 10.6. The van der Waals surface area contributed by atoms with Crippen molar-refractivity contribution in [3.8, 4) is 5.75 Å². The highest BCUT2D eigenvalue weighted by molar-refractivity contribution is 5.27. The van der Waals surface area contributed by atoms with Gasteiger partial charge in [-0.15, -0.1) is 0 Å². The van der Waals surface area contributed by atoms with Crippen LogP contribution in [0.4, 0.5) is 0 Å². The second-order valence-electron chi connectivity index (χ2n) is 6.17. The van der Waals surface area contributed by atoms with Crippen LogP contribution in [0.15, 0.2) is 24.3 Å². The molecule has 2 rings (SSSR count). The quantitative estimate of drug-likeness (QED) is 0.618. The van der Waals surface area contributed by atoms with Gasteiger partial charge in [0.15, 0.2) is 0 Å². The maximum Gasteiger partial charge on any atom is 0.119 e. The Hall–Kier alpha value is -1.06. The van der Waals surface area contributed by atoms with Crippen molar-refractivity contribution in [2.24, 2.45) is 0 Å². The number of ether oxygens (including phenoxy) is 2. The van der Waals surface area contributed by atoms with Crippen LogP contribution in [0.1, 0.15) is 57.4 Å². The summed E-state index contributed by atoms with van der Waals surface area (Å²) in [7, 11) is 0. The number of hydrogen-bond acceptors (Lipinski definition) is 3. The van der Waals surface area contributed by atoms with E-state index >= 15 is 0 Å². The molecular weight excluding hydrogens is 274 g/mol. The molecule has 1 aliphatic rings. The molecule has 1 fully saturated rings. The zero-order chi connectivity index (χ0) is 15.5. The Morgan fingerprint density at radius 2 is 1.95 bits per heavy atom. The number of rotatable bonds is 11. The van der Waals surface area contributed by atoms with Gasteiger partial charge >= 0.3 is 0 Å². The Kier molecular flexibility index (Phi) is 8.36. The van der Waals surface area contributed by atoms with Crippen LogP contribution in [-0.4, -0.2) is 25.9 Å². The summed E-state index contributed by atoms with van der Waals surface area (Å²) in [6, 6.07) is 8.45. The van der Waals surface area contributed by atoms with Gasteiger partial charge in [0, 0.05) is 19.7 Å². The number of hydrogen-bond donors (Lipinski definition) is 1. The Morgan fingerprint density at radius 1 is 1.14 bits per heavy atom. The van der Waals surface area contributed by atoms with Gasteiger partial charge in [-0.1, -0.05) is 44.7 Å². The molecule has 0 unspecified atom stereocenters. The molecule has 124 valence electrons. The number of nitrogens with one attached hydrogen (secondary N) is 1. The normalized spacial score (nSPS) is 17.8. The van der Waals surface area contributed by atoms with E-state index in [2.05, 4.69) is 36.5 Å². The first kappa shape index (κ1) is 17.3. The fraction of sp³-hybridized carbons (Fsp3) is 0.684. The smallest absolute Gasteiger partial charge is 0.119 e. The first-order chi connectivity index (χ1) is 10.9. The van der Waals surface area contributed by atoms with E-state index in [1.54, 1.807) is 0 Å². The molecule has 0 bridgehead atoms. The monoisotopic (exact) mass is 305 g/mol. The summed E-state index contributed by atoms with van der Waals surface area (Å²) in [5.41, 5.74) is 1.30. The van der Waals surface area contributed by atoms with Crippen LogP contribution in [-0.2, 0) is 11.3 Å². The average molecular weight is 305 g/mol. The van der Waals surface area contributed by atoms with E-state index in [0.29, 0.717) is 6.10 Å². The summed E-state index contributed by atoms with van der Waals surface area (Å²) in [5, 5.41) is 3.47. The van der Waals surface area contributed by atoms with Gasteiger partial charge in [-0.2, -0.15) is 0 Å². The topological polar surface area (TPSA) is 30.5 Å². The standard InChI is InChI=1S/C19H31NO2/c1-2-3-4-5-6-13-21-18-11-9-17(10-12-18)15-20-16-19-8-7-14-22-19/h9-12,19-20H,2-8,13-16H2,1H3/t19-/m1/s1. The Morgan fingerprint density at radius 3 is 2.68 bits per heavy atom. The number of benzene rings is 1. The minimum Gasteiger partial charge on any atom is -0.494 e. The highest BCUT2D eigenvalue weighted by Gasteiger charge is 2.14. The predicted octanol–water partition coefficient (Wildman–Crippen LogP) is 4.30. The van der Waals surface area contributed by atoms with Crippen molar-refractivity contribution in [2.45, 2.75) is 64.5 Å².